The molecule has 1 amide bonds. The van der Waals surface area contributed by atoms with E-state index in [2.05, 4.69) is 49.5 Å². The average molecular weight is 529 g/mol. The fourth-order valence-electron chi connectivity index (χ4n) is 5.43. The number of amides is 1. The molecule has 5 rings (SSSR count). The monoisotopic (exact) mass is 528 g/mol. The number of nitrogens with zero attached hydrogens (tertiary/aromatic N) is 5. The van der Waals surface area contributed by atoms with Crippen molar-refractivity contribution in [3.8, 4) is 11.3 Å². The molecule has 0 unspecified atom stereocenters. The summed E-state index contributed by atoms with van der Waals surface area (Å²) in [5.41, 5.74) is 9.35. The second-order valence-corrected chi connectivity index (χ2v) is 10.9. The molecule has 0 bridgehead atoms. The van der Waals surface area contributed by atoms with Crippen molar-refractivity contribution in [2.75, 3.05) is 61.8 Å². The number of nitrogens with two attached hydrogens (primary N) is 1. The highest BCUT2D eigenvalue weighted by molar-refractivity contribution is 5.97. The first-order valence-corrected chi connectivity index (χ1v) is 14.0. The molecule has 9 heteroatoms. The molecule has 3 aromatic rings. The molecule has 2 aliphatic heterocycles. The Balaban J connectivity index is 1.30. The summed E-state index contributed by atoms with van der Waals surface area (Å²) in [6.45, 7) is 10.9. The van der Waals surface area contributed by atoms with Gasteiger partial charge in [-0.25, -0.2) is 9.97 Å². The summed E-state index contributed by atoms with van der Waals surface area (Å²) in [4.78, 5) is 29.4. The van der Waals surface area contributed by atoms with E-state index in [0.717, 1.165) is 24.3 Å². The number of benzene rings is 2. The van der Waals surface area contributed by atoms with Crippen LogP contribution in [0.3, 0.4) is 0 Å². The number of rotatable bonds is 8. The predicted octanol–water partition coefficient (Wildman–Crippen LogP) is 4.02. The van der Waals surface area contributed by atoms with Crippen LogP contribution < -0.4 is 21.3 Å². The van der Waals surface area contributed by atoms with E-state index in [9.17, 15) is 4.79 Å². The lowest BCUT2D eigenvalue weighted by Gasteiger charge is -2.42. The zero-order chi connectivity index (χ0) is 27.4. The van der Waals surface area contributed by atoms with E-state index in [1.807, 2.05) is 56.3 Å². The minimum Gasteiger partial charge on any atom is -0.371 e. The molecule has 2 fully saturated rings. The van der Waals surface area contributed by atoms with Crippen molar-refractivity contribution >= 4 is 28.9 Å². The number of hydrogen-bond acceptors (Lipinski definition) is 8. The van der Waals surface area contributed by atoms with E-state index in [-0.39, 0.29) is 11.7 Å². The Morgan fingerprint density at radius 3 is 2.18 bits per heavy atom. The Bertz CT molecular complexity index is 1250. The zero-order valence-electron chi connectivity index (χ0n) is 23.2. The Morgan fingerprint density at radius 2 is 1.56 bits per heavy atom. The molecule has 39 heavy (non-hydrogen) atoms. The fraction of sp³-hybridized carbons (Fsp3) is 0.433. The third kappa shape index (κ3) is 6.49. The number of likely N-dealkylation sites (N-methyl/N-ethyl adjacent to an activating group) is 1. The van der Waals surface area contributed by atoms with Crippen LogP contribution in [0, 0.1) is 0 Å². The quantitative estimate of drug-likeness (QED) is 0.403. The summed E-state index contributed by atoms with van der Waals surface area (Å²) in [6, 6.07) is 18.8. The summed E-state index contributed by atoms with van der Waals surface area (Å²) >= 11 is 0. The summed E-state index contributed by atoms with van der Waals surface area (Å²) in [6.07, 6.45) is 2.39. The SMILES string of the molecule is CC(C)Nc1nc(Nc2ccc(N3CCC(N4CCN(C)CC4)CC3)cc2)c(C(N)=O)nc1-c1ccccc1. The van der Waals surface area contributed by atoms with Crippen LogP contribution in [-0.2, 0) is 0 Å². The summed E-state index contributed by atoms with van der Waals surface area (Å²) in [5.74, 6) is 0.313. The normalized spacial score (nSPS) is 17.4. The van der Waals surface area contributed by atoms with Gasteiger partial charge in [0.15, 0.2) is 17.3 Å². The van der Waals surface area contributed by atoms with Crippen molar-refractivity contribution in [1.82, 2.24) is 19.8 Å². The van der Waals surface area contributed by atoms with Crippen LogP contribution in [-0.4, -0.2) is 84.1 Å². The standard InChI is InChI=1S/C30H40N8O/c1-21(2)32-29-26(22-7-5-4-6-8-22)34-27(28(31)39)30(35-29)33-23-9-11-24(12-10-23)37-15-13-25(14-16-37)38-19-17-36(3)18-20-38/h4-12,21,25H,13-20H2,1-3H3,(H2,31,39)(H2,32,33,35). The highest BCUT2D eigenvalue weighted by atomic mass is 16.1. The Labute approximate surface area is 231 Å². The first-order chi connectivity index (χ1) is 18.9. The van der Waals surface area contributed by atoms with Gasteiger partial charge in [-0.3, -0.25) is 9.69 Å². The van der Waals surface area contributed by atoms with E-state index in [0.29, 0.717) is 23.4 Å². The van der Waals surface area contributed by atoms with Gasteiger partial charge < -0.3 is 26.2 Å². The lowest BCUT2D eigenvalue weighted by atomic mass is 10.0. The second-order valence-electron chi connectivity index (χ2n) is 10.9. The zero-order valence-corrected chi connectivity index (χ0v) is 23.2. The summed E-state index contributed by atoms with van der Waals surface area (Å²) in [5, 5.41) is 6.65. The Kier molecular flexibility index (Phi) is 8.28. The molecule has 2 aromatic carbocycles. The van der Waals surface area contributed by atoms with Gasteiger partial charge in [-0.2, -0.15) is 0 Å². The highest BCUT2D eigenvalue weighted by Crippen LogP contribution is 2.30. The van der Waals surface area contributed by atoms with Gasteiger partial charge in [-0.1, -0.05) is 30.3 Å². The minimum absolute atomic E-state index is 0.109. The van der Waals surface area contributed by atoms with Gasteiger partial charge in [0.05, 0.1) is 0 Å². The summed E-state index contributed by atoms with van der Waals surface area (Å²) < 4.78 is 0. The topological polar surface area (TPSA) is 103 Å². The molecule has 206 valence electrons. The molecule has 2 aliphatic rings. The van der Waals surface area contributed by atoms with Gasteiger partial charge in [-0.05, 0) is 58.0 Å². The fourth-order valence-corrected chi connectivity index (χ4v) is 5.43. The molecule has 0 atom stereocenters. The average Bonchev–Trinajstić information content (AvgIpc) is 2.94. The number of carbonyl (C=O) groups excluding carboxylic acids is 1. The van der Waals surface area contributed by atoms with E-state index >= 15 is 0 Å². The van der Waals surface area contributed by atoms with Gasteiger partial charge in [0.2, 0.25) is 0 Å². The Hall–Kier alpha value is -3.69. The van der Waals surface area contributed by atoms with Crippen LogP contribution >= 0.6 is 0 Å². The second kappa shape index (κ2) is 12.0. The van der Waals surface area contributed by atoms with Crippen molar-refractivity contribution in [2.45, 2.75) is 38.8 Å². The number of primary amides is 1. The lowest BCUT2D eigenvalue weighted by Crippen LogP contribution is -2.52. The maximum Gasteiger partial charge on any atom is 0.271 e. The third-order valence-corrected chi connectivity index (χ3v) is 7.62. The Morgan fingerprint density at radius 1 is 0.897 bits per heavy atom. The maximum absolute atomic E-state index is 12.4. The molecule has 0 spiro atoms. The first kappa shape index (κ1) is 26.9. The minimum atomic E-state index is -0.627. The van der Waals surface area contributed by atoms with Crippen molar-refractivity contribution in [2.24, 2.45) is 5.73 Å². The van der Waals surface area contributed by atoms with Crippen LogP contribution in [0.25, 0.3) is 11.3 Å². The van der Waals surface area contributed by atoms with Gasteiger partial charge in [-0.15, -0.1) is 0 Å². The van der Waals surface area contributed by atoms with Crippen LogP contribution in [0.5, 0.6) is 0 Å². The predicted molar refractivity (Wildman–Crippen MR) is 159 cm³/mol. The van der Waals surface area contributed by atoms with E-state index in [4.69, 9.17) is 10.7 Å². The van der Waals surface area contributed by atoms with Crippen molar-refractivity contribution in [1.29, 1.82) is 0 Å². The third-order valence-electron chi connectivity index (χ3n) is 7.62. The van der Waals surface area contributed by atoms with Crippen LogP contribution in [0.2, 0.25) is 0 Å². The number of aromatic nitrogens is 2. The summed E-state index contributed by atoms with van der Waals surface area (Å²) in [7, 11) is 2.21. The lowest BCUT2D eigenvalue weighted by molar-refractivity contribution is 0.0982. The molecular formula is C30H40N8O. The number of piperazine rings is 1. The van der Waals surface area contributed by atoms with E-state index < -0.39 is 5.91 Å². The largest absolute Gasteiger partial charge is 0.371 e. The van der Waals surface area contributed by atoms with E-state index in [1.54, 1.807) is 0 Å². The van der Waals surface area contributed by atoms with Gasteiger partial charge >= 0.3 is 0 Å². The smallest absolute Gasteiger partial charge is 0.271 e. The van der Waals surface area contributed by atoms with Crippen molar-refractivity contribution in [3.05, 3.63) is 60.3 Å². The molecule has 0 aliphatic carbocycles. The molecule has 0 radical (unpaired) electrons. The van der Waals surface area contributed by atoms with Crippen LogP contribution in [0.1, 0.15) is 37.2 Å². The maximum atomic E-state index is 12.4. The van der Waals surface area contributed by atoms with Gasteiger partial charge in [0.25, 0.3) is 5.91 Å². The molecule has 4 N–H and O–H groups in total. The molecule has 2 saturated heterocycles. The van der Waals surface area contributed by atoms with Crippen LogP contribution in [0.4, 0.5) is 23.0 Å². The van der Waals surface area contributed by atoms with Crippen molar-refractivity contribution < 1.29 is 4.79 Å². The van der Waals surface area contributed by atoms with E-state index in [1.165, 1.54) is 44.7 Å². The number of piperidine rings is 1. The first-order valence-electron chi connectivity index (χ1n) is 14.0. The van der Waals surface area contributed by atoms with Crippen LogP contribution in [0.15, 0.2) is 54.6 Å². The molecule has 9 nitrogen and oxygen atoms in total. The molecule has 1 aromatic heterocycles. The highest BCUT2D eigenvalue weighted by Gasteiger charge is 2.27. The number of hydrogen-bond donors (Lipinski definition) is 3. The molecule has 0 saturated carbocycles. The number of anilines is 4. The van der Waals surface area contributed by atoms with Crippen molar-refractivity contribution in [3.63, 3.8) is 0 Å². The number of carbonyl (C=O) groups is 1. The molecule has 3 heterocycles. The van der Waals surface area contributed by atoms with Gasteiger partial charge in [0.1, 0.15) is 5.69 Å². The van der Waals surface area contributed by atoms with Gasteiger partial charge in [0, 0.05) is 68.3 Å². The number of nitrogens with one attached hydrogen (secondary N) is 2. The molecular weight excluding hydrogens is 488 g/mol.